The summed E-state index contributed by atoms with van der Waals surface area (Å²) >= 11 is 3.01. The first-order valence-corrected chi connectivity index (χ1v) is 6.20. The molecule has 0 radical (unpaired) electrons. The van der Waals surface area contributed by atoms with Crippen LogP contribution in [0.3, 0.4) is 0 Å². The van der Waals surface area contributed by atoms with Crippen LogP contribution < -0.4 is 0 Å². The van der Waals surface area contributed by atoms with E-state index < -0.39 is 17.2 Å². The van der Waals surface area contributed by atoms with Gasteiger partial charge in [-0.05, 0) is 28.1 Å². The van der Waals surface area contributed by atoms with Gasteiger partial charge in [-0.25, -0.2) is 8.78 Å². The van der Waals surface area contributed by atoms with E-state index >= 15 is 0 Å². The van der Waals surface area contributed by atoms with Crippen molar-refractivity contribution in [2.45, 2.75) is 18.9 Å². The Morgan fingerprint density at radius 3 is 2.82 bits per heavy atom. The highest BCUT2D eigenvalue weighted by atomic mass is 79.9. The Labute approximate surface area is 107 Å². The minimum absolute atomic E-state index is 0.154. The molecule has 1 aliphatic rings. The number of aliphatic hydroxyl groups is 1. The van der Waals surface area contributed by atoms with Crippen molar-refractivity contribution >= 4 is 15.9 Å². The predicted octanol–water partition coefficient (Wildman–Crippen LogP) is 2.97. The highest BCUT2D eigenvalue weighted by Crippen LogP contribution is 2.40. The summed E-state index contributed by atoms with van der Waals surface area (Å²) in [4.78, 5) is 0. The second-order valence-electron chi connectivity index (χ2n) is 4.37. The van der Waals surface area contributed by atoms with Gasteiger partial charge in [-0.1, -0.05) is 6.92 Å². The number of rotatable bonds is 1. The van der Waals surface area contributed by atoms with E-state index in [0.29, 0.717) is 13.2 Å². The second-order valence-corrected chi connectivity index (χ2v) is 5.22. The average Bonchev–Trinajstić information content (AvgIpc) is 2.28. The summed E-state index contributed by atoms with van der Waals surface area (Å²) in [6, 6.07) is 2.45. The van der Waals surface area contributed by atoms with Crippen molar-refractivity contribution in [2.75, 3.05) is 13.2 Å². The van der Waals surface area contributed by atoms with Gasteiger partial charge in [-0.2, -0.15) is 0 Å². The smallest absolute Gasteiger partial charge is 0.146 e. The summed E-state index contributed by atoms with van der Waals surface area (Å²) in [5.74, 6) is -1.81. The zero-order chi connectivity index (χ0) is 12.6. The maximum Gasteiger partial charge on any atom is 0.146 e. The predicted molar refractivity (Wildman–Crippen MR) is 62.6 cm³/mol. The van der Waals surface area contributed by atoms with Gasteiger partial charge in [0.05, 0.1) is 16.6 Å². The standard InChI is InChI=1S/C12H13BrF2O2/c1-7-6-17-5-4-12(7,16)10-9(14)3-2-8(13)11(10)15/h2-3,7,16H,4-6H2,1H3. The zero-order valence-electron chi connectivity index (χ0n) is 9.34. The van der Waals surface area contributed by atoms with E-state index in [2.05, 4.69) is 15.9 Å². The molecule has 1 saturated heterocycles. The monoisotopic (exact) mass is 306 g/mol. The molecule has 1 heterocycles. The third kappa shape index (κ3) is 2.11. The Morgan fingerprint density at radius 1 is 1.47 bits per heavy atom. The summed E-state index contributed by atoms with van der Waals surface area (Å²) in [7, 11) is 0. The molecule has 0 aliphatic carbocycles. The molecule has 0 aromatic heterocycles. The van der Waals surface area contributed by atoms with Gasteiger partial charge < -0.3 is 9.84 Å². The highest BCUT2D eigenvalue weighted by molar-refractivity contribution is 9.10. The molecule has 1 fully saturated rings. The number of halogens is 3. The lowest BCUT2D eigenvalue weighted by atomic mass is 9.78. The van der Waals surface area contributed by atoms with Crippen molar-refractivity contribution in [3.05, 3.63) is 33.8 Å². The van der Waals surface area contributed by atoms with E-state index in [1.807, 2.05) is 0 Å². The first kappa shape index (κ1) is 12.9. The summed E-state index contributed by atoms with van der Waals surface area (Å²) < 4.78 is 33.1. The van der Waals surface area contributed by atoms with Crippen LogP contribution in [-0.2, 0) is 10.3 Å². The Balaban J connectivity index is 2.55. The fourth-order valence-corrected chi connectivity index (χ4v) is 2.50. The maximum absolute atomic E-state index is 14.0. The molecule has 0 saturated carbocycles. The van der Waals surface area contributed by atoms with Gasteiger partial charge in [0.25, 0.3) is 0 Å². The van der Waals surface area contributed by atoms with Crippen LogP contribution in [0.15, 0.2) is 16.6 Å². The van der Waals surface area contributed by atoms with E-state index in [0.717, 1.165) is 6.07 Å². The summed E-state index contributed by atoms with van der Waals surface area (Å²) in [6.45, 7) is 2.31. The summed E-state index contributed by atoms with van der Waals surface area (Å²) in [5.41, 5.74) is -1.77. The molecule has 94 valence electrons. The number of ether oxygens (including phenoxy) is 1. The van der Waals surface area contributed by atoms with Crippen molar-refractivity contribution < 1.29 is 18.6 Å². The normalized spacial score (nSPS) is 29.4. The van der Waals surface area contributed by atoms with Crippen LogP contribution in [0.1, 0.15) is 18.9 Å². The van der Waals surface area contributed by atoms with Crippen molar-refractivity contribution in [3.8, 4) is 0 Å². The molecule has 2 rings (SSSR count). The number of hydrogen-bond acceptors (Lipinski definition) is 2. The van der Waals surface area contributed by atoms with Gasteiger partial charge in [0, 0.05) is 18.9 Å². The quantitative estimate of drug-likeness (QED) is 0.808. The second kappa shape index (κ2) is 4.63. The topological polar surface area (TPSA) is 29.5 Å². The van der Waals surface area contributed by atoms with Gasteiger partial charge in [0.1, 0.15) is 17.2 Å². The first-order chi connectivity index (χ1) is 7.97. The Bertz CT molecular complexity index is 439. The molecule has 2 nitrogen and oxygen atoms in total. The van der Waals surface area contributed by atoms with Crippen molar-refractivity contribution in [1.82, 2.24) is 0 Å². The minimum Gasteiger partial charge on any atom is -0.384 e. The lowest BCUT2D eigenvalue weighted by Gasteiger charge is -2.38. The fraction of sp³-hybridized carbons (Fsp3) is 0.500. The van der Waals surface area contributed by atoms with Crippen LogP contribution in [0.25, 0.3) is 0 Å². The third-order valence-corrected chi connectivity index (χ3v) is 3.90. The number of benzene rings is 1. The van der Waals surface area contributed by atoms with Crippen LogP contribution in [-0.4, -0.2) is 18.3 Å². The molecule has 17 heavy (non-hydrogen) atoms. The molecule has 1 aromatic rings. The van der Waals surface area contributed by atoms with E-state index in [4.69, 9.17) is 4.74 Å². The largest absolute Gasteiger partial charge is 0.384 e. The zero-order valence-corrected chi connectivity index (χ0v) is 10.9. The lowest BCUT2D eigenvalue weighted by molar-refractivity contribution is -0.115. The third-order valence-electron chi connectivity index (χ3n) is 3.29. The van der Waals surface area contributed by atoms with Gasteiger partial charge >= 0.3 is 0 Å². The van der Waals surface area contributed by atoms with E-state index in [-0.39, 0.29) is 22.4 Å². The minimum atomic E-state index is -1.50. The van der Waals surface area contributed by atoms with Crippen LogP contribution in [0.2, 0.25) is 0 Å². The van der Waals surface area contributed by atoms with Crippen LogP contribution >= 0.6 is 15.9 Å². The van der Waals surface area contributed by atoms with E-state index in [9.17, 15) is 13.9 Å². The van der Waals surface area contributed by atoms with Crippen LogP contribution in [0, 0.1) is 17.6 Å². The first-order valence-electron chi connectivity index (χ1n) is 5.41. The molecular formula is C12H13BrF2O2. The number of hydrogen-bond donors (Lipinski definition) is 1. The molecule has 1 N–H and O–H groups in total. The summed E-state index contributed by atoms with van der Waals surface area (Å²) in [6.07, 6.45) is 0.193. The SMILES string of the molecule is CC1COCCC1(O)c1c(F)ccc(Br)c1F. The Kier molecular flexibility index (Phi) is 3.52. The van der Waals surface area contributed by atoms with Crippen molar-refractivity contribution in [2.24, 2.45) is 5.92 Å². The summed E-state index contributed by atoms with van der Waals surface area (Å²) in [5, 5.41) is 10.5. The van der Waals surface area contributed by atoms with Crippen LogP contribution in [0.4, 0.5) is 8.78 Å². The maximum atomic E-state index is 14.0. The molecule has 5 heteroatoms. The van der Waals surface area contributed by atoms with Gasteiger partial charge in [0.2, 0.25) is 0 Å². The van der Waals surface area contributed by atoms with Crippen molar-refractivity contribution in [1.29, 1.82) is 0 Å². The van der Waals surface area contributed by atoms with Gasteiger partial charge in [-0.15, -0.1) is 0 Å². The fourth-order valence-electron chi connectivity index (χ4n) is 2.17. The highest BCUT2D eigenvalue weighted by Gasteiger charge is 2.42. The Morgan fingerprint density at radius 2 is 2.18 bits per heavy atom. The molecule has 0 spiro atoms. The Hall–Kier alpha value is -0.520. The lowest BCUT2D eigenvalue weighted by Crippen LogP contribution is -2.42. The van der Waals surface area contributed by atoms with Crippen LogP contribution in [0.5, 0.6) is 0 Å². The molecule has 2 unspecified atom stereocenters. The molecule has 2 atom stereocenters. The molecule has 1 aliphatic heterocycles. The van der Waals surface area contributed by atoms with Gasteiger partial charge in [-0.3, -0.25) is 0 Å². The van der Waals surface area contributed by atoms with Gasteiger partial charge in [0.15, 0.2) is 0 Å². The molecule has 0 bridgehead atoms. The van der Waals surface area contributed by atoms with E-state index in [1.54, 1.807) is 6.92 Å². The average molecular weight is 307 g/mol. The molecular weight excluding hydrogens is 294 g/mol. The van der Waals surface area contributed by atoms with Crippen molar-refractivity contribution in [3.63, 3.8) is 0 Å². The molecule has 0 amide bonds. The molecule has 1 aromatic carbocycles. The van der Waals surface area contributed by atoms with E-state index in [1.165, 1.54) is 6.07 Å².